The fraction of sp³-hybridized carbons (Fsp3) is 0.368. The van der Waals surface area contributed by atoms with Crippen LogP contribution in [0.15, 0.2) is 47.3 Å². The lowest BCUT2D eigenvalue weighted by atomic mass is 10.0. The maximum absolute atomic E-state index is 12.9. The van der Waals surface area contributed by atoms with Crippen LogP contribution in [0.1, 0.15) is 34.6 Å². The van der Waals surface area contributed by atoms with Crippen molar-refractivity contribution >= 4 is 5.91 Å². The minimum Gasteiger partial charge on any atom is -0.335 e. The molecule has 1 saturated heterocycles. The molecule has 1 aliphatic rings. The van der Waals surface area contributed by atoms with Crippen LogP contribution in [0.2, 0.25) is 0 Å². The average Bonchev–Trinajstić information content (AvgIpc) is 2.62. The summed E-state index contributed by atoms with van der Waals surface area (Å²) in [5.74, 6) is -0.176. The second kappa shape index (κ2) is 7.01. The van der Waals surface area contributed by atoms with E-state index in [1.807, 2.05) is 38.1 Å². The average molecular weight is 325 g/mol. The van der Waals surface area contributed by atoms with E-state index in [1.165, 1.54) is 0 Å². The van der Waals surface area contributed by atoms with Crippen molar-refractivity contribution in [2.24, 2.45) is 0 Å². The minimum atomic E-state index is -0.197. The molecule has 0 unspecified atom stereocenters. The number of rotatable bonds is 3. The summed E-state index contributed by atoms with van der Waals surface area (Å²) < 4.78 is 1.64. The highest BCUT2D eigenvalue weighted by Crippen LogP contribution is 2.18. The van der Waals surface area contributed by atoms with E-state index in [2.05, 4.69) is 17.4 Å². The first-order chi connectivity index (χ1) is 11.6. The lowest BCUT2D eigenvalue weighted by Crippen LogP contribution is -2.49. The number of hydrogen-bond donors (Lipinski definition) is 1. The second-order valence-electron chi connectivity index (χ2n) is 6.11. The first-order valence-corrected chi connectivity index (χ1v) is 8.40. The second-order valence-corrected chi connectivity index (χ2v) is 6.11. The Morgan fingerprint density at radius 3 is 2.67 bits per heavy atom. The zero-order valence-electron chi connectivity index (χ0n) is 14.2. The highest BCUT2D eigenvalue weighted by atomic mass is 16.2. The molecular formula is C19H23N3O2. The number of benzene rings is 1. The first kappa shape index (κ1) is 16.5. The lowest BCUT2D eigenvalue weighted by molar-refractivity contribution is 0.0700. The monoisotopic (exact) mass is 325 g/mol. The zero-order valence-corrected chi connectivity index (χ0v) is 14.2. The van der Waals surface area contributed by atoms with Gasteiger partial charge in [0.1, 0.15) is 5.56 Å². The van der Waals surface area contributed by atoms with E-state index in [1.54, 1.807) is 15.5 Å². The molecule has 2 aromatic rings. The van der Waals surface area contributed by atoms with E-state index in [0.29, 0.717) is 19.6 Å². The van der Waals surface area contributed by atoms with Crippen LogP contribution in [0.25, 0.3) is 0 Å². The van der Waals surface area contributed by atoms with E-state index in [9.17, 15) is 9.59 Å². The SMILES string of the molecule is CCn1c(C)ccc(C(=O)N2CCN[C@@H](c3ccccc3)C2)c1=O. The summed E-state index contributed by atoms with van der Waals surface area (Å²) in [6, 6.07) is 13.7. The Kier molecular flexibility index (Phi) is 4.81. The van der Waals surface area contributed by atoms with Crippen LogP contribution in [0.3, 0.4) is 0 Å². The van der Waals surface area contributed by atoms with Crippen molar-refractivity contribution in [2.75, 3.05) is 19.6 Å². The molecule has 3 rings (SSSR count). The third-order valence-corrected chi connectivity index (χ3v) is 4.60. The molecule has 2 heterocycles. The van der Waals surface area contributed by atoms with Crippen molar-refractivity contribution < 1.29 is 4.79 Å². The van der Waals surface area contributed by atoms with Gasteiger partial charge >= 0.3 is 0 Å². The molecule has 0 bridgehead atoms. The maximum atomic E-state index is 12.9. The normalized spacial score (nSPS) is 17.8. The van der Waals surface area contributed by atoms with Gasteiger partial charge in [-0.15, -0.1) is 0 Å². The molecule has 1 atom stereocenters. The van der Waals surface area contributed by atoms with Gasteiger partial charge in [-0.25, -0.2) is 0 Å². The Balaban J connectivity index is 1.84. The summed E-state index contributed by atoms with van der Waals surface area (Å²) in [4.78, 5) is 27.2. The molecule has 1 aliphatic heterocycles. The smallest absolute Gasteiger partial charge is 0.263 e. The van der Waals surface area contributed by atoms with Gasteiger partial charge in [-0.1, -0.05) is 30.3 Å². The molecule has 0 aliphatic carbocycles. The van der Waals surface area contributed by atoms with Gasteiger partial charge in [0.25, 0.3) is 11.5 Å². The number of hydrogen-bond acceptors (Lipinski definition) is 3. The van der Waals surface area contributed by atoms with E-state index < -0.39 is 0 Å². The third-order valence-electron chi connectivity index (χ3n) is 4.60. The number of carbonyl (C=O) groups is 1. The Morgan fingerprint density at radius 1 is 1.21 bits per heavy atom. The zero-order chi connectivity index (χ0) is 17.1. The van der Waals surface area contributed by atoms with Gasteiger partial charge in [0.15, 0.2) is 0 Å². The van der Waals surface area contributed by atoms with Crippen molar-refractivity contribution in [3.05, 3.63) is 69.6 Å². The van der Waals surface area contributed by atoms with Crippen LogP contribution >= 0.6 is 0 Å². The molecular weight excluding hydrogens is 302 g/mol. The number of pyridine rings is 1. The van der Waals surface area contributed by atoms with Gasteiger partial charge < -0.3 is 14.8 Å². The van der Waals surface area contributed by atoms with Crippen LogP contribution in [-0.2, 0) is 6.54 Å². The number of piperazine rings is 1. The topological polar surface area (TPSA) is 54.3 Å². The highest BCUT2D eigenvalue weighted by Gasteiger charge is 2.26. The van der Waals surface area contributed by atoms with E-state index in [0.717, 1.165) is 17.8 Å². The quantitative estimate of drug-likeness (QED) is 0.939. The van der Waals surface area contributed by atoms with Crippen molar-refractivity contribution in [3.63, 3.8) is 0 Å². The number of nitrogens with one attached hydrogen (secondary N) is 1. The molecule has 0 radical (unpaired) electrons. The third kappa shape index (κ3) is 3.12. The summed E-state index contributed by atoms with van der Waals surface area (Å²) in [7, 11) is 0. The minimum absolute atomic E-state index is 0.0998. The van der Waals surface area contributed by atoms with E-state index in [4.69, 9.17) is 0 Å². The van der Waals surface area contributed by atoms with Gasteiger partial charge in [-0.2, -0.15) is 0 Å². The van der Waals surface area contributed by atoms with Gasteiger partial charge in [-0.05, 0) is 31.5 Å². The number of nitrogens with zero attached hydrogens (tertiary/aromatic N) is 2. The Morgan fingerprint density at radius 2 is 1.96 bits per heavy atom. The van der Waals surface area contributed by atoms with Crippen molar-refractivity contribution in [1.82, 2.24) is 14.8 Å². The summed E-state index contributed by atoms with van der Waals surface area (Å²) >= 11 is 0. The van der Waals surface area contributed by atoms with Crippen LogP contribution in [0.4, 0.5) is 0 Å². The molecule has 1 fully saturated rings. The predicted octanol–water partition coefficient (Wildman–Crippen LogP) is 1.96. The van der Waals surface area contributed by atoms with Crippen molar-refractivity contribution in [1.29, 1.82) is 0 Å². The molecule has 1 amide bonds. The molecule has 0 spiro atoms. The van der Waals surface area contributed by atoms with Crippen LogP contribution in [0, 0.1) is 6.92 Å². The molecule has 1 aromatic carbocycles. The fourth-order valence-corrected chi connectivity index (χ4v) is 3.24. The molecule has 126 valence electrons. The van der Waals surface area contributed by atoms with Gasteiger partial charge in [-0.3, -0.25) is 9.59 Å². The van der Waals surface area contributed by atoms with E-state index >= 15 is 0 Å². The number of aromatic nitrogens is 1. The first-order valence-electron chi connectivity index (χ1n) is 8.40. The molecule has 1 N–H and O–H groups in total. The summed E-state index contributed by atoms with van der Waals surface area (Å²) in [6.07, 6.45) is 0. The summed E-state index contributed by atoms with van der Waals surface area (Å²) in [5.41, 5.74) is 2.10. The molecule has 24 heavy (non-hydrogen) atoms. The van der Waals surface area contributed by atoms with Crippen molar-refractivity contribution in [3.8, 4) is 0 Å². The van der Waals surface area contributed by atoms with Gasteiger partial charge in [0, 0.05) is 37.9 Å². The fourth-order valence-electron chi connectivity index (χ4n) is 3.24. The van der Waals surface area contributed by atoms with Gasteiger partial charge in [0.2, 0.25) is 0 Å². The maximum Gasteiger partial charge on any atom is 0.263 e. The predicted molar refractivity (Wildman–Crippen MR) is 94.2 cm³/mol. The molecule has 0 saturated carbocycles. The Labute approximate surface area is 141 Å². The number of amides is 1. The van der Waals surface area contributed by atoms with Crippen LogP contribution in [-0.4, -0.2) is 35.0 Å². The molecule has 5 nitrogen and oxygen atoms in total. The van der Waals surface area contributed by atoms with Crippen LogP contribution in [0.5, 0.6) is 0 Å². The lowest BCUT2D eigenvalue weighted by Gasteiger charge is -2.34. The molecule has 5 heteroatoms. The highest BCUT2D eigenvalue weighted by molar-refractivity contribution is 5.94. The largest absolute Gasteiger partial charge is 0.335 e. The number of aryl methyl sites for hydroxylation is 1. The Hall–Kier alpha value is -2.40. The van der Waals surface area contributed by atoms with Crippen LogP contribution < -0.4 is 10.9 Å². The standard InChI is InChI=1S/C19H23N3O2/c1-3-22-14(2)9-10-16(19(22)24)18(23)21-12-11-20-17(13-21)15-7-5-4-6-8-15/h4-10,17,20H,3,11-13H2,1-2H3/t17-/m1/s1. The summed E-state index contributed by atoms with van der Waals surface area (Å²) in [5, 5.41) is 3.44. The van der Waals surface area contributed by atoms with E-state index in [-0.39, 0.29) is 23.1 Å². The summed E-state index contributed by atoms with van der Waals surface area (Å²) in [6.45, 7) is 6.28. The number of carbonyl (C=O) groups excluding carboxylic acids is 1. The van der Waals surface area contributed by atoms with Crippen molar-refractivity contribution in [2.45, 2.75) is 26.4 Å². The van der Waals surface area contributed by atoms with Gasteiger partial charge in [0.05, 0.1) is 0 Å². The molecule has 1 aromatic heterocycles. The Bertz CT molecular complexity index is 783.